The average molecular weight is 354 g/mol. The summed E-state index contributed by atoms with van der Waals surface area (Å²) in [6.45, 7) is 5.03. The van der Waals surface area contributed by atoms with Crippen LogP contribution in [-0.2, 0) is 17.8 Å². The second-order valence-corrected chi connectivity index (χ2v) is 6.68. The first kappa shape index (κ1) is 18.3. The van der Waals surface area contributed by atoms with Gasteiger partial charge in [0.15, 0.2) is 11.5 Å². The molecule has 0 radical (unpaired) electrons. The Kier molecular flexibility index (Phi) is 6.12. The molecule has 2 aromatic carbocycles. The lowest BCUT2D eigenvalue weighted by atomic mass is 10.1. The van der Waals surface area contributed by atoms with E-state index in [0.29, 0.717) is 26.3 Å². The molecule has 0 atom stereocenters. The van der Waals surface area contributed by atoms with Gasteiger partial charge in [0.25, 0.3) is 0 Å². The van der Waals surface area contributed by atoms with Crippen molar-refractivity contribution in [2.45, 2.75) is 19.9 Å². The first-order valence-electron chi connectivity index (χ1n) is 9.00. The third-order valence-electron chi connectivity index (χ3n) is 4.46. The summed E-state index contributed by atoms with van der Waals surface area (Å²) < 4.78 is 11.1. The summed E-state index contributed by atoms with van der Waals surface area (Å²) in [7, 11) is 1.97. The van der Waals surface area contributed by atoms with Crippen molar-refractivity contribution in [2.75, 3.05) is 33.4 Å². The number of benzene rings is 2. The average Bonchev–Trinajstić information content (AvgIpc) is 2.63. The van der Waals surface area contributed by atoms with Crippen molar-refractivity contribution in [3.05, 3.63) is 59.2 Å². The Hall–Kier alpha value is -2.53. The summed E-state index contributed by atoms with van der Waals surface area (Å²) in [4.78, 5) is 14.2. The van der Waals surface area contributed by atoms with Gasteiger partial charge >= 0.3 is 0 Å². The van der Waals surface area contributed by atoms with E-state index in [0.717, 1.165) is 30.0 Å². The molecule has 5 nitrogen and oxygen atoms in total. The van der Waals surface area contributed by atoms with Gasteiger partial charge in [0.05, 0.1) is 6.54 Å². The molecule has 26 heavy (non-hydrogen) atoms. The maximum atomic E-state index is 12.2. The summed E-state index contributed by atoms with van der Waals surface area (Å²) in [5.41, 5.74) is 3.63. The smallest absolute Gasteiger partial charge is 0.234 e. The Morgan fingerprint density at radius 1 is 1.12 bits per heavy atom. The van der Waals surface area contributed by atoms with Crippen LogP contribution in [0.25, 0.3) is 0 Å². The van der Waals surface area contributed by atoms with Crippen LogP contribution in [0.5, 0.6) is 11.5 Å². The van der Waals surface area contributed by atoms with Crippen molar-refractivity contribution in [2.24, 2.45) is 0 Å². The summed E-state index contributed by atoms with van der Waals surface area (Å²) >= 11 is 0. The zero-order chi connectivity index (χ0) is 18.4. The molecule has 0 fully saturated rings. The van der Waals surface area contributed by atoms with Crippen LogP contribution in [0.1, 0.15) is 16.7 Å². The monoisotopic (exact) mass is 354 g/mol. The minimum atomic E-state index is 0.0404. The Morgan fingerprint density at radius 3 is 2.69 bits per heavy atom. The van der Waals surface area contributed by atoms with E-state index in [1.54, 1.807) is 0 Å². The van der Waals surface area contributed by atoms with E-state index in [-0.39, 0.29) is 5.91 Å². The molecule has 0 saturated heterocycles. The highest BCUT2D eigenvalue weighted by molar-refractivity contribution is 5.78. The second kappa shape index (κ2) is 8.72. The van der Waals surface area contributed by atoms with Crippen molar-refractivity contribution in [1.29, 1.82) is 0 Å². The summed E-state index contributed by atoms with van der Waals surface area (Å²) in [6, 6.07) is 14.2. The third-order valence-corrected chi connectivity index (χ3v) is 4.46. The maximum absolute atomic E-state index is 12.2. The largest absolute Gasteiger partial charge is 0.486 e. The molecule has 0 bridgehead atoms. The van der Waals surface area contributed by atoms with Gasteiger partial charge in [0, 0.05) is 13.1 Å². The van der Waals surface area contributed by atoms with E-state index in [1.807, 2.05) is 42.3 Å². The lowest BCUT2D eigenvalue weighted by molar-refractivity contribution is -0.122. The van der Waals surface area contributed by atoms with E-state index in [9.17, 15) is 4.79 Å². The predicted octanol–water partition coefficient (Wildman–Crippen LogP) is 2.56. The Balaban J connectivity index is 1.42. The van der Waals surface area contributed by atoms with E-state index < -0.39 is 0 Å². The van der Waals surface area contributed by atoms with Crippen molar-refractivity contribution in [3.63, 3.8) is 0 Å². The van der Waals surface area contributed by atoms with E-state index in [2.05, 4.69) is 24.4 Å². The van der Waals surface area contributed by atoms with Crippen LogP contribution in [0.3, 0.4) is 0 Å². The van der Waals surface area contributed by atoms with Crippen molar-refractivity contribution in [1.82, 2.24) is 10.2 Å². The fourth-order valence-electron chi connectivity index (χ4n) is 3.02. The molecule has 0 saturated carbocycles. The lowest BCUT2D eigenvalue weighted by Crippen LogP contribution is -2.35. The van der Waals surface area contributed by atoms with E-state index in [4.69, 9.17) is 9.47 Å². The molecule has 1 N–H and O–H groups in total. The number of carbonyl (C=O) groups excluding carboxylic acids is 1. The number of hydrogen-bond acceptors (Lipinski definition) is 4. The third kappa shape index (κ3) is 4.99. The van der Waals surface area contributed by atoms with Gasteiger partial charge in [-0.1, -0.05) is 30.3 Å². The van der Waals surface area contributed by atoms with Crippen LogP contribution in [0.2, 0.25) is 0 Å². The molecule has 2 aromatic rings. The minimum absolute atomic E-state index is 0.0404. The number of carbonyl (C=O) groups is 1. The number of likely N-dealkylation sites (N-methyl/N-ethyl adjacent to an activating group) is 1. The number of rotatable bonds is 7. The number of amides is 1. The molecule has 0 aliphatic carbocycles. The molecule has 138 valence electrons. The Morgan fingerprint density at radius 2 is 1.88 bits per heavy atom. The number of ether oxygens (including phenoxy) is 2. The van der Waals surface area contributed by atoms with Crippen molar-refractivity contribution < 1.29 is 14.3 Å². The molecule has 0 unspecified atom stereocenters. The first-order chi connectivity index (χ1) is 12.6. The summed E-state index contributed by atoms with van der Waals surface area (Å²) in [6.07, 6.45) is 0.768. The molecular formula is C21H26N2O3. The zero-order valence-electron chi connectivity index (χ0n) is 15.5. The van der Waals surface area contributed by atoms with Gasteiger partial charge in [-0.05, 0) is 49.2 Å². The number of nitrogens with zero attached hydrogens (tertiary/aromatic N) is 1. The highest BCUT2D eigenvalue weighted by Crippen LogP contribution is 2.30. The highest BCUT2D eigenvalue weighted by Gasteiger charge is 2.12. The number of fused-ring (bicyclic) bond motifs is 1. The summed E-state index contributed by atoms with van der Waals surface area (Å²) in [5, 5.41) is 2.99. The quantitative estimate of drug-likeness (QED) is 0.830. The van der Waals surface area contributed by atoms with Gasteiger partial charge in [-0.3, -0.25) is 9.69 Å². The maximum Gasteiger partial charge on any atom is 0.234 e. The number of nitrogens with one attached hydrogen (secondary N) is 1. The molecular weight excluding hydrogens is 328 g/mol. The van der Waals surface area contributed by atoms with E-state index in [1.165, 1.54) is 11.1 Å². The zero-order valence-corrected chi connectivity index (χ0v) is 15.5. The van der Waals surface area contributed by atoms with Gasteiger partial charge in [-0.25, -0.2) is 0 Å². The topological polar surface area (TPSA) is 50.8 Å². The molecule has 1 heterocycles. The molecule has 0 aromatic heterocycles. The van der Waals surface area contributed by atoms with Crippen LogP contribution in [0, 0.1) is 6.92 Å². The van der Waals surface area contributed by atoms with Gasteiger partial charge in [0.1, 0.15) is 13.2 Å². The van der Waals surface area contributed by atoms with Crippen LogP contribution >= 0.6 is 0 Å². The molecule has 1 amide bonds. The Bertz CT molecular complexity index is 761. The van der Waals surface area contributed by atoms with E-state index >= 15 is 0 Å². The molecule has 5 heteroatoms. The fraction of sp³-hybridized carbons (Fsp3) is 0.381. The van der Waals surface area contributed by atoms with Crippen LogP contribution < -0.4 is 14.8 Å². The summed E-state index contributed by atoms with van der Waals surface area (Å²) in [5.74, 6) is 1.62. The van der Waals surface area contributed by atoms with Crippen LogP contribution in [0.4, 0.5) is 0 Å². The molecule has 0 spiro atoms. The van der Waals surface area contributed by atoms with Gasteiger partial charge in [-0.15, -0.1) is 0 Å². The highest BCUT2D eigenvalue weighted by atomic mass is 16.6. The van der Waals surface area contributed by atoms with Gasteiger partial charge < -0.3 is 14.8 Å². The van der Waals surface area contributed by atoms with Crippen molar-refractivity contribution in [3.8, 4) is 11.5 Å². The SMILES string of the molecule is Cc1ccccc1CN(C)CC(=O)NCCc1ccc2c(c1)OCCO2. The minimum Gasteiger partial charge on any atom is -0.486 e. The molecule has 3 rings (SSSR count). The normalized spacial score (nSPS) is 12.9. The predicted molar refractivity (Wildman–Crippen MR) is 102 cm³/mol. The van der Waals surface area contributed by atoms with Crippen LogP contribution in [-0.4, -0.2) is 44.2 Å². The lowest BCUT2D eigenvalue weighted by Gasteiger charge is -2.19. The second-order valence-electron chi connectivity index (χ2n) is 6.68. The fourth-order valence-corrected chi connectivity index (χ4v) is 3.02. The van der Waals surface area contributed by atoms with Gasteiger partial charge in [-0.2, -0.15) is 0 Å². The molecule has 1 aliphatic heterocycles. The van der Waals surface area contributed by atoms with Crippen molar-refractivity contribution >= 4 is 5.91 Å². The van der Waals surface area contributed by atoms with Gasteiger partial charge in [0.2, 0.25) is 5.91 Å². The number of hydrogen-bond donors (Lipinski definition) is 1. The number of aryl methyl sites for hydroxylation is 1. The first-order valence-corrected chi connectivity index (χ1v) is 9.00. The van der Waals surface area contributed by atoms with Crippen LogP contribution in [0.15, 0.2) is 42.5 Å². The Labute approximate surface area is 154 Å². The standard InChI is InChI=1S/C21H26N2O3/c1-16-5-3-4-6-18(16)14-23(2)15-21(24)22-10-9-17-7-8-19-20(13-17)26-12-11-25-19/h3-8,13H,9-12,14-15H2,1-2H3,(H,22,24). The molecule has 1 aliphatic rings.